The molecule has 60 valence electrons. The number of hydrogen-bond acceptors (Lipinski definition) is 1. The predicted molar refractivity (Wildman–Crippen MR) is 46.3 cm³/mol. The number of allylic oxidation sites excluding steroid dienone is 4. The van der Waals surface area contributed by atoms with Crippen molar-refractivity contribution in [2.24, 2.45) is 5.92 Å². The Morgan fingerprint density at radius 3 is 2.91 bits per heavy atom. The van der Waals surface area contributed by atoms with Crippen LogP contribution in [0.3, 0.4) is 0 Å². The highest BCUT2D eigenvalue weighted by Crippen LogP contribution is 2.25. The van der Waals surface area contributed by atoms with Crippen LogP contribution < -0.4 is 0 Å². The van der Waals surface area contributed by atoms with Crippen molar-refractivity contribution in [3.05, 3.63) is 23.8 Å². The molecule has 0 amide bonds. The summed E-state index contributed by atoms with van der Waals surface area (Å²) in [6.45, 7) is 3.71. The normalized spacial score (nSPS) is 24.2. The molecule has 0 saturated carbocycles. The molecule has 0 aromatic carbocycles. The predicted octanol–water partition coefficient (Wildman–Crippen LogP) is 2.49. The minimum absolute atomic E-state index is 0.143. The SMILES string of the molecule is CC(=O)/C=C/C1CCC=C1C. The monoisotopic (exact) mass is 150 g/mol. The van der Waals surface area contributed by atoms with Gasteiger partial charge in [-0.05, 0) is 38.7 Å². The lowest BCUT2D eigenvalue weighted by Crippen LogP contribution is -1.92. The Bertz CT molecular complexity index is 211. The number of carbonyl (C=O) groups excluding carboxylic acids is 1. The van der Waals surface area contributed by atoms with E-state index in [1.165, 1.54) is 18.4 Å². The molecule has 1 aliphatic carbocycles. The van der Waals surface area contributed by atoms with E-state index in [1.807, 2.05) is 6.08 Å². The molecular weight excluding hydrogens is 136 g/mol. The van der Waals surface area contributed by atoms with E-state index in [-0.39, 0.29) is 5.78 Å². The smallest absolute Gasteiger partial charge is 0.152 e. The molecule has 1 nitrogen and oxygen atoms in total. The van der Waals surface area contributed by atoms with E-state index >= 15 is 0 Å². The van der Waals surface area contributed by atoms with Crippen LogP contribution in [0.15, 0.2) is 23.8 Å². The zero-order valence-electron chi connectivity index (χ0n) is 7.13. The van der Waals surface area contributed by atoms with E-state index < -0.39 is 0 Å². The Labute approximate surface area is 67.8 Å². The van der Waals surface area contributed by atoms with Crippen LogP contribution in [-0.4, -0.2) is 5.78 Å². The molecule has 0 spiro atoms. The van der Waals surface area contributed by atoms with Crippen LogP contribution >= 0.6 is 0 Å². The van der Waals surface area contributed by atoms with Crippen molar-refractivity contribution in [3.63, 3.8) is 0 Å². The van der Waals surface area contributed by atoms with Gasteiger partial charge in [-0.3, -0.25) is 4.79 Å². The molecular formula is C10H14O. The summed E-state index contributed by atoms with van der Waals surface area (Å²) in [5.41, 5.74) is 1.41. The van der Waals surface area contributed by atoms with E-state index in [1.54, 1.807) is 13.0 Å². The first-order valence-electron chi connectivity index (χ1n) is 4.05. The molecule has 0 aromatic heterocycles. The summed E-state index contributed by atoms with van der Waals surface area (Å²) in [7, 11) is 0. The molecule has 0 N–H and O–H groups in total. The minimum Gasteiger partial charge on any atom is -0.295 e. The highest BCUT2D eigenvalue weighted by molar-refractivity contribution is 5.87. The molecule has 0 heterocycles. The van der Waals surface area contributed by atoms with E-state index in [2.05, 4.69) is 13.0 Å². The summed E-state index contributed by atoms with van der Waals surface area (Å²) in [6.07, 6.45) is 8.28. The van der Waals surface area contributed by atoms with Crippen LogP contribution in [0.5, 0.6) is 0 Å². The summed E-state index contributed by atoms with van der Waals surface area (Å²) < 4.78 is 0. The maximum absolute atomic E-state index is 10.6. The maximum atomic E-state index is 10.6. The first-order chi connectivity index (χ1) is 5.20. The van der Waals surface area contributed by atoms with Crippen molar-refractivity contribution >= 4 is 5.78 Å². The second-order valence-corrected chi connectivity index (χ2v) is 3.10. The fourth-order valence-electron chi connectivity index (χ4n) is 1.37. The Hall–Kier alpha value is -0.850. The second kappa shape index (κ2) is 3.51. The van der Waals surface area contributed by atoms with Crippen molar-refractivity contribution in [3.8, 4) is 0 Å². The van der Waals surface area contributed by atoms with E-state index in [0.29, 0.717) is 5.92 Å². The summed E-state index contributed by atoms with van der Waals surface area (Å²) >= 11 is 0. The third-order valence-corrected chi connectivity index (χ3v) is 2.09. The van der Waals surface area contributed by atoms with Crippen LogP contribution in [0.2, 0.25) is 0 Å². The molecule has 0 bridgehead atoms. The Morgan fingerprint density at radius 1 is 1.73 bits per heavy atom. The van der Waals surface area contributed by atoms with Gasteiger partial charge in [-0.2, -0.15) is 0 Å². The summed E-state index contributed by atoms with van der Waals surface area (Å²) in [6, 6.07) is 0. The highest BCUT2D eigenvalue weighted by Gasteiger charge is 2.11. The van der Waals surface area contributed by atoms with Crippen LogP contribution in [0, 0.1) is 5.92 Å². The first kappa shape index (κ1) is 8.25. The largest absolute Gasteiger partial charge is 0.295 e. The summed E-state index contributed by atoms with van der Waals surface area (Å²) in [5.74, 6) is 0.670. The third-order valence-electron chi connectivity index (χ3n) is 2.09. The van der Waals surface area contributed by atoms with Gasteiger partial charge in [0, 0.05) is 0 Å². The zero-order chi connectivity index (χ0) is 8.27. The fourth-order valence-corrected chi connectivity index (χ4v) is 1.37. The fraction of sp³-hybridized carbons (Fsp3) is 0.500. The molecule has 1 aliphatic rings. The maximum Gasteiger partial charge on any atom is 0.152 e. The number of hydrogen-bond donors (Lipinski definition) is 0. The van der Waals surface area contributed by atoms with Gasteiger partial charge in [-0.25, -0.2) is 0 Å². The lowest BCUT2D eigenvalue weighted by molar-refractivity contribution is -0.112. The zero-order valence-corrected chi connectivity index (χ0v) is 7.13. The molecule has 1 unspecified atom stereocenters. The van der Waals surface area contributed by atoms with E-state index in [0.717, 1.165) is 0 Å². The Morgan fingerprint density at radius 2 is 2.45 bits per heavy atom. The van der Waals surface area contributed by atoms with E-state index in [4.69, 9.17) is 0 Å². The molecule has 0 radical (unpaired) electrons. The Balaban J connectivity index is 2.50. The molecule has 1 atom stereocenters. The van der Waals surface area contributed by atoms with Gasteiger partial charge >= 0.3 is 0 Å². The van der Waals surface area contributed by atoms with Gasteiger partial charge in [-0.1, -0.05) is 17.7 Å². The minimum atomic E-state index is 0.143. The van der Waals surface area contributed by atoms with Crippen LogP contribution in [-0.2, 0) is 4.79 Å². The lowest BCUT2D eigenvalue weighted by atomic mass is 10.0. The standard InChI is InChI=1S/C10H14O/c1-8-4-3-5-10(8)7-6-9(2)11/h4,6-7,10H,3,5H2,1-2H3/b7-6+. The highest BCUT2D eigenvalue weighted by atomic mass is 16.1. The van der Waals surface area contributed by atoms with Crippen molar-refractivity contribution < 1.29 is 4.79 Å². The lowest BCUT2D eigenvalue weighted by Gasteiger charge is -2.03. The second-order valence-electron chi connectivity index (χ2n) is 3.10. The third kappa shape index (κ3) is 2.34. The first-order valence-corrected chi connectivity index (χ1v) is 4.05. The molecule has 0 fully saturated rings. The molecule has 1 rings (SSSR count). The van der Waals surface area contributed by atoms with Crippen LogP contribution in [0.1, 0.15) is 26.7 Å². The van der Waals surface area contributed by atoms with E-state index in [9.17, 15) is 4.79 Å². The van der Waals surface area contributed by atoms with Crippen molar-refractivity contribution in [1.82, 2.24) is 0 Å². The quantitative estimate of drug-likeness (QED) is 0.436. The number of rotatable bonds is 2. The van der Waals surface area contributed by atoms with Gasteiger partial charge < -0.3 is 0 Å². The van der Waals surface area contributed by atoms with Gasteiger partial charge in [0.1, 0.15) is 0 Å². The van der Waals surface area contributed by atoms with Crippen molar-refractivity contribution in [2.75, 3.05) is 0 Å². The molecule has 11 heavy (non-hydrogen) atoms. The topological polar surface area (TPSA) is 17.1 Å². The number of ketones is 1. The van der Waals surface area contributed by atoms with Gasteiger partial charge in [0.05, 0.1) is 0 Å². The molecule has 0 aliphatic heterocycles. The average molecular weight is 150 g/mol. The van der Waals surface area contributed by atoms with Crippen LogP contribution in [0.25, 0.3) is 0 Å². The van der Waals surface area contributed by atoms with Crippen LogP contribution in [0.4, 0.5) is 0 Å². The van der Waals surface area contributed by atoms with Gasteiger partial charge in [0.25, 0.3) is 0 Å². The number of carbonyl (C=O) groups is 1. The van der Waals surface area contributed by atoms with Gasteiger partial charge in [-0.15, -0.1) is 0 Å². The van der Waals surface area contributed by atoms with Gasteiger partial charge in [0.15, 0.2) is 5.78 Å². The summed E-state index contributed by atoms with van der Waals surface area (Å²) in [4.78, 5) is 10.6. The Kier molecular flexibility index (Phi) is 2.64. The van der Waals surface area contributed by atoms with Crippen molar-refractivity contribution in [1.29, 1.82) is 0 Å². The molecule has 0 saturated heterocycles. The molecule has 0 aromatic rings. The summed E-state index contributed by atoms with van der Waals surface area (Å²) in [5, 5.41) is 0. The van der Waals surface area contributed by atoms with Gasteiger partial charge in [0.2, 0.25) is 0 Å². The average Bonchev–Trinajstić information content (AvgIpc) is 2.31. The molecule has 1 heteroatoms. The van der Waals surface area contributed by atoms with Crippen molar-refractivity contribution in [2.45, 2.75) is 26.7 Å².